The lowest BCUT2D eigenvalue weighted by Gasteiger charge is -2.28. The van der Waals surface area contributed by atoms with Gasteiger partial charge in [-0.25, -0.2) is 0 Å². The van der Waals surface area contributed by atoms with E-state index in [0.717, 1.165) is 51.4 Å². The summed E-state index contributed by atoms with van der Waals surface area (Å²) < 4.78 is 10.9. The molecule has 0 aromatic carbocycles. The van der Waals surface area contributed by atoms with Crippen LogP contribution in [0.3, 0.4) is 0 Å². The number of carbonyl (C=O) groups excluding carboxylic acids is 2. The predicted octanol–water partition coefficient (Wildman–Crippen LogP) is 2.57. The molecule has 0 aliphatic heterocycles. The summed E-state index contributed by atoms with van der Waals surface area (Å²) in [5.41, 5.74) is 0. The van der Waals surface area contributed by atoms with E-state index in [-0.39, 0.29) is 42.5 Å². The van der Waals surface area contributed by atoms with Crippen LogP contribution in [-0.2, 0) is 19.1 Å². The van der Waals surface area contributed by atoms with Crippen LogP contribution < -0.4 is 5.32 Å². The third-order valence-electron chi connectivity index (χ3n) is 4.80. The van der Waals surface area contributed by atoms with Crippen LogP contribution in [0.1, 0.15) is 64.7 Å². The lowest BCUT2D eigenvalue weighted by atomic mass is 9.95. The van der Waals surface area contributed by atoms with Gasteiger partial charge in [0.15, 0.2) is 0 Å². The molecule has 5 heteroatoms. The van der Waals surface area contributed by atoms with Gasteiger partial charge in [-0.2, -0.15) is 0 Å². The van der Waals surface area contributed by atoms with Gasteiger partial charge >= 0.3 is 5.97 Å². The van der Waals surface area contributed by atoms with E-state index in [2.05, 4.69) is 5.32 Å². The molecule has 0 bridgehead atoms. The fraction of sp³-hybridized carbons (Fsp3) is 0.882. The Morgan fingerprint density at radius 1 is 1.09 bits per heavy atom. The highest BCUT2D eigenvalue weighted by Crippen LogP contribution is 2.25. The Bertz CT molecular complexity index is 379. The Labute approximate surface area is 133 Å². The second-order valence-corrected chi connectivity index (χ2v) is 6.73. The molecule has 0 radical (unpaired) electrons. The van der Waals surface area contributed by atoms with Crippen LogP contribution >= 0.6 is 0 Å². The molecule has 0 heterocycles. The number of hydrogen-bond acceptors (Lipinski definition) is 4. The fourth-order valence-corrected chi connectivity index (χ4v) is 3.51. The third kappa shape index (κ3) is 5.27. The molecule has 0 aromatic rings. The van der Waals surface area contributed by atoms with E-state index in [1.165, 1.54) is 0 Å². The molecule has 2 aliphatic carbocycles. The zero-order valence-corrected chi connectivity index (χ0v) is 13.8. The van der Waals surface area contributed by atoms with E-state index in [4.69, 9.17) is 9.47 Å². The maximum absolute atomic E-state index is 12.0. The summed E-state index contributed by atoms with van der Waals surface area (Å²) in [7, 11) is 1.70. The zero-order chi connectivity index (χ0) is 15.9. The van der Waals surface area contributed by atoms with Crippen molar-refractivity contribution >= 4 is 11.9 Å². The van der Waals surface area contributed by atoms with E-state index < -0.39 is 0 Å². The number of esters is 1. The predicted molar refractivity (Wildman–Crippen MR) is 83.3 cm³/mol. The molecular formula is C17H29NO4. The summed E-state index contributed by atoms with van der Waals surface area (Å²) in [5.74, 6) is 0.00941. The van der Waals surface area contributed by atoms with Gasteiger partial charge in [-0.15, -0.1) is 0 Å². The van der Waals surface area contributed by atoms with Gasteiger partial charge in [-0.05, 0) is 39.0 Å². The fourth-order valence-electron chi connectivity index (χ4n) is 3.51. The first-order chi connectivity index (χ1) is 10.6. The Balaban J connectivity index is 1.68. The standard InChI is InChI=1S/C17H29NO4/c1-12(18-17(20)13-6-3-4-7-13)10-16(19)22-15-9-5-8-14(11-15)21-2/h12-15H,3-11H2,1-2H3,(H,18,20)/t12-,14+,15-/m0/s1. The summed E-state index contributed by atoms with van der Waals surface area (Å²) in [6, 6.07) is -0.164. The number of methoxy groups -OCH3 is 1. The van der Waals surface area contributed by atoms with Gasteiger partial charge in [0, 0.05) is 25.5 Å². The van der Waals surface area contributed by atoms with Gasteiger partial charge in [0.05, 0.1) is 12.5 Å². The molecular weight excluding hydrogens is 282 g/mol. The van der Waals surface area contributed by atoms with E-state index >= 15 is 0 Å². The van der Waals surface area contributed by atoms with Gasteiger partial charge in [0.25, 0.3) is 0 Å². The van der Waals surface area contributed by atoms with Crippen LogP contribution in [0, 0.1) is 5.92 Å². The quantitative estimate of drug-likeness (QED) is 0.766. The molecule has 0 saturated heterocycles. The molecule has 3 atom stereocenters. The number of ether oxygens (including phenoxy) is 2. The number of carbonyl (C=O) groups is 2. The van der Waals surface area contributed by atoms with Gasteiger partial charge in [-0.3, -0.25) is 9.59 Å². The molecule has 0 unspecified atom stereocenters. The molecule has 5 nitrogen and oxygen atoms in total. The van der Waals surface area contributed by atoms with Crippen molar-refractivity contribution in [2.45, 2.75) is 83.0 Å². The van der Waals surface area contributed by atoms with E-state index in [1.54, 1.807) is 7.11 Å². The zero-order valence-electron chi connectivity index (χ0n) is 13.8. The summed E-state index contributed by atoms with van der Waals surface area (Å²) in [5, 5.41) is 2.95. The van der Waals surface area contributed by atoms with E-state index in [0.29, 0.717) is 0 Å². The van der Waals surface area contributed by atoms with Gasteiger partial charge in [0.1, 0.15) is 6.10 Å². The maximum Gasteiger partial charge on any atom is 0.308 e. The van der Waals surface area contributed by atoms with Crippen molar-refractivity contribution in [2.24, 2.45) is 5.92 Å². The van der Waals surface area contributed by atoms with Crippen LogP contribution in [0.4, 0.5) is 0 Å². The number of nitrogens with one attached hydrogen (secondary N) is 1. The van der Waals surface area contributed by atoms with Crippen molar-refractivity contribution in [3.05, 3.63) is 0 Å². The molecule has 2 saturated carbocycles. The van der Waals surface area contributed by atoms with Crippen molar-refractivity contribution in [3.8, 4) is 0 Å². The average Bonchev–Trinajstić information content (AvgIpc) is 3.01. The average molecular weight is 311 g/mol. The Morgan fingerprint density at radius 3 is 2.45 bits per heavy atom. The van der Waals surface area contributed by atoms with Crippen molar-refractivity contribution in [1.29, 1.82) is 0 Å². The van der Waals surface area contributed by atoms with Crippen molar-refractivity contribution < 1.29 is 19.1 Å². The van der Waals surface area contributed by atoms with E-state index in [1.807, 2.05) is 6.92 Å². The van der Waals surface area contributed by atoms with Gasteiger partial charge in [0.2, 0.25) is 5.91 Å². The SMILES string of the molecule is CO[C@@H]1CCC[C@H](OC(=O)C[C@H](C)NC(=O)C2CCCC2)C1. The minimum atomic E-state index is -0.221. The first kappa shape index (κ1) is 17.3. The highest BCUT2D eigenvalue weighted by Gasteiger charge is 2.27. The molecule has 2 aliphatic rings. The minimum absolute atomic E-state index is 0.0380. The molecule has 1 amide bonds. The summed E-state index contributed by atoms with van der Waals surface area (Å²) in [6.07, 6.45) is 8.39. The summed E-state index contributed by atoms with van der Waals surface area (Å²) in [6.45, 7) is 1.87. The third-order valence-corrected chi connectivity index (χ3v) is 4.80. The Hall–Kier alpha value is -1.10. The lowest BCUT2D eigenvalue weighted by Crippen LogP contribution is -2.38. The van der Waals surface area contributed by atoms with Crippen molar-refractivity contribution in [3.63, 3.8) is 0 Å². The molecule has 1 N–H and O–H groups in total. The highest BCUT2D eigenvalue weighted by atomic mass is 16.5. The van der Waals surface area contributed by atoms with Gasteiger partial charge < -0.3 is 14.8 Å². The number of amides is 1. The van der Waals surface area contributed by atoms with Crippen LogP contribution in [0.15, 0.2) is 0 Å². The molecule has 22 heavy (non-hydrogen) atoms. The van der Waals surface area contributed by atoms with Crippen LogP contribution in [0.5, 0.6) is 0 Å². The van der Waals surface area contributed by atoms with Gasteiger partial charge in [-0.1, -0.05) is 12.8 Å². The number of rotatable bonds is 6. The molecule has 0 aromatic heterocycles. The largest absolute Gasteiger partial charge is 0.462 e. The van der Waals surface area contributed by atoms with Crippen molar-refractivity contribution in [2.75, 3.05) is 7.11 Å². The van der Waals surface area contributed by atoms with Crippen LogP contribution in [0.2, 0.25) is 0 Å². The Morgan fingerprint density at radius 2 is 1.77 bits per heavy atom. The summed E-state index contributed by atoms with van der Waals surface area (Å²) in [4.78, 5) is 24.0. The maximum atomic E-state index is 12.0. The normalized spacial score (nSPS) is 27.4. The van der Waals surface area contributed by atoms with Crippen LogP contribution in [-0.4, -0.2) is 37.2 Å². The molecule has 2 fully saturated rings. The minimum Gasteiger partial charge on any atom is -0.462 e. The molecule has 126 valence electrons. The number of hydrogen-bond donors (Lipinski definition) is 1. The lowest BCUT2D eigenvalue weighted by molar-refractivity contribution is -0.153. The smallest absolute Gasteiger partial charge is 0.308 e. The second kappa shape index (κ2) is 8.51. The monoisotopic (exact) mass is 311 g/mol. The second-order valence-electron chi connectivity index (χ2n) is 6.73. The first-order valence-electron chi connectivity index (χ1n) is 8.61. The molecule has 0 spiro atoms. The van der Waals surface area contributed by atoms with Crippen LogP contribution in [0.25, 0.3) is 0 Å². The summed E-state index contributed by atoms with van der Waals surface area (Å²) >= 11 is 0. The Kier molecular flexibility index (Phi) is 6.68. The molecule has 2 rings (SSSR count). The highest BCUT2D eigenvalue weighted by molar-refractivity contribution is 5.80. The van der Waals surface area contributed by atoms with E-state index in [9.17, 15) is 9.59 Å². The first-order valence-corrected chi connectivity index (χ1v) is 8.61. The van der Waals surface area contributed by atoms with Crippen molar-refractivity contribution in [1.82, 2.24) is 5.32 Å². The topological polar surface area (TPSA) is 64.6 Å².